The first-order chi connectivity index (χ1) is 11.3. The fourth-order valence-electron chi connectivity index (χ4n) is 3.48. The van der Waals surface area contributed by atoms with Crippen LogP contribution in [0.25, 0.3) is 0 Å². The van der Waals surface area contributed by atoms with Gasteiger partial charge in [-0.1, -0.05) is 19.8 Å². The Balaban J connectivity index is 1.86. The minimum atomic E-state index is -0.779. The molecule has 1 spiro atoms. The van der Waals surface area contributed by atoms with Crippen molar-refractivity contribution in [2.75, 3.05) is 24.7 Å². The normalized spacial score (nSPS) is 26.8. The summed E-state index contributed by atoms with van der Waals surface area (Å²) >= 11 is 0. The highest BCUT2D eigenvalue weighted by Gasteiger charge is 2.54. The molecule has 0 aromatic carbocycles. The summed E-state index contributed by atoms with van der Waals surface area (Å²) in [6.07, 6.45) is 3.64. The summed E-state index contributed by atoms with van der Waals surface area (Å²) in [5.41, 5.74) is 4.93. The van der Waals surface area contributed by atoms with Crippen molar-refractivity contribution in [2.45, 2.75) is 44.7 Å². The summed E-state index contributed by atoms with van der Waals surface area (Å²) in [5.74, 6) is 0.690. The zero-order valence-electron chi connectivity index (χ0n) is 14.2. The van der Waals surface area contributed by atoms with Gasteiger partial charge in [-0.15, -0.1) is 0 Å². The third-order valence-electron chi connectivity index (χ3n) is 4.89. The maximum atomic E-state index is 12.9. The summed E-state index contributed by atoms with van der Waals surface area (Å²) in [5, 5.41) is 2.92. The lowest BCUT2D eigenvalue weighted by molar-refractivity contribution is -0.134. The topological polar surface area (TPSA) is 117 Å². The van der Waals surface area contributed by atoms with Crippen LogP contribution < -0.4 is 16.0 Å². The van der Waals surface area contributed by atoms with Gasteiger partial charge in [0.05, 0.1) is 6.54 Å². The van der Waals surface area contributed by atoms with Crippen LogP contribution in [0.5, 0.6) is 0 Å². The quantitative estimate of drug-likeness (QED) is 0.774. The molecule has 2 aliphatic rings. The molecule has 9 nitrogen and oxygen atoms in total. The lowest BCUT2D eigenvalue weighted by Crippen LogP contribution is -2.53. The molecule has 130 valence electrons. The largest absolute Gasteiger partial charge is 0.368 e. The van der Waals surface area contributed by atoms with Crippen LogP contribution in [0.1, 0.15) is 38.4 Å². The van der Waals surface area contributed by atoms with Crippen molar-refractivity contribution in [3.63, 3.8) is 0 Å². The summed E-state index contributed by atoms with van der Waals surface area (Å²) < 4.78 is 0. The minimum Gasteiger partial charge on any atom is -0.368 e. The van der Waals surface area contributed by atoms with E-state index in [-0.39, 0.29) is 30.3 Å². The van der Waals surface area contributed by atoms with E-state index in [1.54, 1.807) is 19.0 Å². The Bertz CT molecular complexity index is 678. The van der Waals surface area contributed by atoms with Gasteiger partial charge in [0, 0.05) is 14.1 Å². The maximum absolute atomic E-state index is 12.9. The van der Waals surface area contributed by atoms with Gasteiger partial charge in [-0.2, -0.15) is 15.0 Å². The van der Waals surface area contributed by atoms with E-state index in [1.165, 1.54) is 4.90 Å². The first-order valence-electron chi connectivity index (χ1n) is 8.15. The maximum Gasteiger partial charge on any atom is 0.325 e. The zero-order valence-corrected chi connectivity index (χ0v) is 14.2. The van der Waals surface area contributed by atoms with Crippen LogP contribution >= 0.6 is 0 Å². The zero-order chi connectivity index (χ0) is 17.5. The number of aromatic nitrogens is 3. The molecule has 2 fully saturated rings. The fraction of sp³-hybridized carbons (Fsp3) is 0.667. The molecule has 2 atom stereocenters. The third kappa shape index (κ3) is 2.63. The average molecular weight is 333 g/mol. The van der Waals surface area contributed by atoms with Crippen molar-refractivity contribution < 1.29 is 9.59 Å². The number of rotatable bonds is 3. The van der Waals surface area contributed by atoms with E-state index in [0.29, 0.717) is 18.2 Å². The van der Waals surface area contributed by atoms with Gasteiger partial charge in [-0.25, -0.2) is 4.79 Å². The Labute approximate surface area is 140 Å². The van der Waals surface area contributed by atoms with E-state index in [9.17, 15) is 9.59 Å². The molecule has 1 aliphatic carbocycles. The van der Waals surface area contributed by atoms with E-state index in [1.807, 2.05) is 6.92 Å². The van der Waals surface area contributed by atoms with E-state index < -0.39 is 5.54 Å². The summed E-state index contributed by atoms with van der Waals surface area (Å²) in [4.78, 5) is 40.6. The molecule has 0 radical (unpaired) electrons. The van der Waals surface area contributed by atoms with Crippen molar-refractivity contribution in [3.05, 3.63) is 5.82 Å². The minimum absolute atomic E-state index is 0.00725. The number of nitrogen functional groups attached to an aromatic ring is 1. The molecule has 2 heterocycles. The number of hydrogen-bond acceptors (Lipinski definition) is 7. The van der Waals surface area contributed by atoms with E-state index in [4.69, 9.17) is 5.73 Å². The number of hydrogen-bond donors (Lipinski definition) is 2. The lowest BCUT2D eigenvalue weighted by atomic mass is 9.73. The van der Waals surface area contributed by atoms with Crippen molar-refractivity contribution in [3.8, 4) is 0 Å². The number of carbonyl (C=O) groups excluding carboxylic acids is 2. The number of urea groups is 1. The van der Waals surface area contributed by atoms with Crippen LogP contribution in [-0.4, -0.2) is 51.4 Å². The molecule has 3 rings (SSSR count). The van der Waals surface area contributed by atoms with Crippen LogP contribution in [0.15, 0.2) is 0 Å². The van der Waals surface area contributed by atoms with Crippen LogP contribution in [0.3, 0.4) is 0 Å². The van der Waals surface area contributed by atoms with Gasteiger partial charge in [0.2, 0.25) is 11.9 Å². The molecule has 3 N–H and O–H groups in total. The van der Waals surface area contributed by atoms with Gasteiger partial charge in [0.25, 0.3) is 5.91 Å². The Morgan fingerprint density at radius 3 is 2.71 bits per heavy atom. The molecule has 0 unspecified atom stereocenters. The van der Waals surface area contributed by atoms with Gasteiger partial charge < -0.3 is 16.0 Å². The van der Waals surface area contributed by atoms with Crippen molar-refractivity contribution in [1.82, 2.24) is 25.2 Å². The Morgan fingerprint density at radius 2 is 2.04 bits per heavy atom. The van der Waals surface area contributed by atoms with Gasteiger partial charge in [-0.05, 0) is 18.8 Å². The molecular weight excluding hydrogens is 310 g/mol. The predicted molar refractivity (Wildman–Crippen MR) is 88.0 cm³/mol. The van der Waals surface area contributed by atoms with Crippen LogP contribution in [-0.2, 0) is 11.3 Å². The number of nitrogens with two attached hydrogens (primary N) is 1. The number of anilines is 2. The highest BCUT2D eigenvalue weighted by Crippen LogP contribution is 2.38. The predicted octanol–water partition coefficient (Wildman–Crippen LogP) is 0.521. The van der Waals surface area contributed by atoms with Crippen LogP contribution in [0.2, 0.25) is 0 Å². The molecule has 9 heteroatoms. The van der Waals surface area contributed by atoms with E-state index in [2.05, 4.69) is 20.3 Å². The lowest BCUT2D eigenvalue weighted by Gasteiger charge is -2.36. The highest BCUT2D eigenvalue weighted by atomic mass is 16.2. The summed E-state index contributed by atoms with van der Waals surface area (Å²) in [7, 11) is 3.57. The molecule has 1 saturated carbocycles. The number of nitrogens with one attached hydrogen (secondary N) is 1. The average Bonchev–Trinajstić information content (AvgIpc) is 2.75. The second-order valence-electron chi connectivity index (χ2n) is 6.74. The SMILES string of the molecule is C[C@@H]1CCCC[C@]12NC(=O)N(Cc1nc(N)nc(N(C)C)n1)C2=O. The van der Waals surface area contributed by atoms with Crippen LogP contribution in [0.4, 0.5) is 16.7 Å². The second-order valence-corrected chi connectivity index (χ2v) is 6.74. The van der Waals surface area contributed by atoms with Gasteiger partial charge in [0.15, 0.2) is 5.82 Å². The monoisotopic (exact) mass is 333 g/mol. The second kappa shape index (κ2) is 5.88. The fourth-order valence-corrected chi connectivity index (χ4v) is 3.48. The number of amides is 3. The standard InChI is InChI=1S/C15H23N7O2/c1-9-6-4-5-7-15(9)11(23)22(14(24)20-15)8-10-17-12(16)19-13(18-10)21(2)3/h9H,4-8H2,1-3H3,(H,20,24)(H2,16,17,18,19)/t9-,15+/m1/s1. The summed E-state index contributed by atoms with van der Waals surface area (Å²) in [6.45, 7) is 2.01. The molecule has 0 bridgehead atoms. The Morgan fingerprint density at radius 1 is 1.29 bits per heavy atom. The summed E-state index contributed by atoms with van der Waals surface area (Å²) in [6, 6.07) is -0.390. The van der Waals surface area contributed by atoms with Crippen molar-refractivity contribution in [2.24, 2.45) is 5.92 Å². The van der Waals surface area contributed by atoms with E-state index >= 15 is 0 Å². The van der Waals surface area contributed by atoms with Gasteiger partial charge in [0.1, 0.15) is 5.54 Å². The number of nitrogens with zero attached hydrogens (tertiary/aromatic N) is 5. The molecule has 1 aliphatic heterocycles. The molecule has 3 amide bonds. The van der Waals surface area contributed by atoms with Gasteiger partial charge >= 0.3 is 6.03 Å². The highest BCUT2D eigenvalue weighted by molar-refractivity contribution is 6.07. The van der Waals surface area contributed by atoms with Crippen molar-refractivity contribution >= 4 is 23.8 Å². The third-order valence-corrected chi connectivity index (χ3v) is 4.89. The smallest absolute Gasteiger partial charge is 0.325 e. The molecular formula is C15H23N7O2. The van der Waals surface area contributed by atoms with Crippen LogP contribution in [0, 0.1) is 5.92 Å². The molecule has 1 aromatic heterocycles. The first-order valence-corrected chi connectivity index (χ1v) is 8.15. The molecule has 24 heavy (non-hydrogen) atoms. The molecule has 1 saturated heterocycles. The Hall–Kier alpha value is -2.45. The Kier molecular flexibility index (Phi) is 4.02. The molecule has 1 aromatic rings. The number of carbonyl (C=O) groups is 2. The van der Waals surface area contributed by atoms with E-state index in [0.717, 1.165) is 19.3 Å². The first kappa shape index (κ1) is 16.4. The number of imide groups is 1. The van der Waals surface area contributed by atoms with Crippen molar-refractivity contribution in [1.29, 1.82) is 0 Å². The van der Waals surface area contributed by atoms with Gasteiger partial charge in [-0.3, -0.25) is 9.69 Å².